The second kappa shape index (κ2) is 11.0. The lowest BCUT2D eigenvalue weighted by molar-refractivity contribution is -0.118. The number of nitrogens with one attached hydrogen (secondary N) is 2. The third kappa shape index (κ3) is 5.67. The van der Waals surface area contributed by atoms with Gasteiger partial charge in [-0.25, -0.2) is 14.8 Å². The highest BCUT2D eigenvalue weighted by atomic mass is 35.5. The normalized spacial score (nSPS) is 11.1. The van der Waals surface area contributed by atoms with Gasteiger partial charge in [0, 0.05) is 11.1 Å². The van der Waals surface area contributed by atoms with Crippen LogP contribution < -0.4 is 14.9 Å². The number of fused-ring (bicyclic) bond motifs is 1. The van der Waals surface area contributed by atoms with E-state index in [1.54, 1.807) is 24.3 Å². The van der Waals surface area contributed by atoms with Crippen molar-refractivity contribution in [1.29, 1.82) is 0 Å². The van der Waals surface area contributed by atoms with Crippen LogP contribution in [-0.4, -0.2) is 35.0 Å². The first kappa shape index (κ1) is 23.6. The summed E-state index contributed by atoms with van der Waals surface area (Å²) in [4.78, 5) is 19.8. The van der Waals surface area contributed by atoms with Gasteiger partial charge >= 0.3 is 0 Å². The van der Waals surface area contributed by atoms with Crippen molar-refractivity contribution in [3.63, 3.8) is 0 Å². The van der Waals surface area contributed by atoms with Gasteiger partial charge in [-0.1, -0.05) is 47.6 Å². The summed E-state index contributed by atoms with van der Waals surface area (Å²) < 4.78 is 25.3. The van der Waals surface area contributed by atoms with E-state index in [-0.39, 0.29) is 28.9 Å². The molecule has 0 unspecified atom stereocenters. The van der Waals surface area contributed by atoms with Crippen LogP contribution in [0, 0.1) is 5.82 Å². The summed E-state index contributed by atoms with van der Waals surface area (Å²) >= 11 is 7.36. The van der Waals surface area contributed by atoms with Gasteiger partial charge in [0.25, 0.3) is 5.91 Å². The molecule has 0 aliphatic carbocycles. The molecular formula is C24H20ClFN4O3S. The number of thioether (sulfide) groups is 1. The van der Waals surface area contributed by atoms with E-state index in [2.05, 4.69) is 20.5 Å². The molecule has 34 heavy (non-hydrogen) atoms. The molecule has 3 aromatic carbocycles. The molecule has 0 saturated heterocycles. The number of ether oxygens (including phenoxy) is 2. The molecule has 1 heterocycles. The fraction of sp³-hybridized carbons (Fsp3) is 0.125. The lowest BCUT2D eigenvalue weighted by Gasteiger charge is -2.14. The molecule has 0 fully saturated rings. The van der Waals surface area contributed by atoms with Crippen molar-refractivity contribution in [3.05, 3.63) is 82.6 Å². The Morgan fingerprint density at radius 3 is 2.82 bits per heavy atom. The highest BCUT2D eigenvalue weighted by Gasteiger charge is 2.13. The molecule has 10 heteroatoms. The van der Waals surface area contributed by atoms with Gasteiger partial charge in [0.1, 0.15) is 12.4 Å². The molecule has 1 amide bonds. The molecule has 0 bridgehead atoms. The Labute approximate surface area is 204 Å². The number of aromatic nitrogens is 2. The highest BCUT2D eigenvalue weighted by molar-refractivity contribution is 7.99. The lowest BCUT2D eigenvalue weighted by atomic mass is 10.2. The Morgan fingerprint density at radius 1 is 1.21 bits per heavy atom. The molecule has 4 rings (SSSR count). The van der Waals surface area contributed by atoms with Crippen LogP contribution in [-0.2, 0) is 11.4 Å². The molecule has 174 valence electrons. The standard InChI is InChI=1S/C24H20ClFN4O3S/c1-32-21-11-4-6-15(23(21)33-13-16-17(25)7-5-8-18(16)26)12-27-30-22(31)14-34-24-28-19-9-2-3-10-20(19)29-24/h2-12H,13-14H2,1H3,(H,28,29)(H,30,31)/b27-12+. The maximum Gasteiger partial charge on any atom is 0.250 e. The van der Waals surface area contributed by atoms with E-state index in [0.29, 0.717) is 22.2 Å². The number of hydrogen-bond donors (Lipinski definition) is 2. The zero-order chi connectivity index (χ0) is 23.9. The lowest BCUT2D eigenvalue weighted by Crippen LogP contribution is -2.19. The second-order valence-electron chi connectivity index (χ2n) is 7.01. The number of nitrogens with zero attached hydrogens (tertiary/aromatic N) is 2. The van der Waals surface area contributed by atoms with Gasteiger partial charge in [-0.15, -0.1) is 0 Å². The number of hydrogen-bond acceptors (Lipinski definition) is 6. The first-order chi connectivity index (χ1) is 16.5. The number of amides is 1. The van der Waals surface area contributed by atoms with Crippen molar-refractivity contribution in [3.8, 4) is 11.5 Å². The quantitative estimate of drug-likeness (QED) is 0.188. The number of carbonyl (C=O) groups excluding carboxylic acids is 1. The van der Waals surface area contributed by atoms with Gasteiger partial charge in [0.2, 0.25) is 0 Å². The second-order valence-corrected chi connectivity index (χ2v) is 8.38. The van der Waals surface area contributed by atoms with Gasteiger partial charge in [-0.3, -0.25) is 4.79 Å². The summed E-state index contributed by atoms with van der Waals surface area (Å²) in [5.74, 6) is 0.143. The van der Waals surface area contributed by atoms with Crippen LogP contribution in [0.1, 0.15) is 11.1 Å². The minimum Gasteiger partial charge on any atom is -0.493 e. The summed E-state index contributed by atoms with van der Waals surface area (Å²) in [6.07, 6.45) is 1.44. The number of halogens is 2. The number of rotatable bonds is 9. The Balaban J connectivity index is 1.39. The highest BCUT2D eigenvalue weighted by Crippen LogP contribution is 2.32. The summed E-state index contributed by atoms with van der Waals surface area (Å²) in [5, 5.41) is 4.93. The van der Waals surface area contributed by atoms with Gasteiger partial charge in [0.05, 0.1) is 35.1 Å². The average Bonchev–Trinajstić information content (AvgIpc) is 3.26. The minimum atomic E-state index is -0.466. The number of para-hydroxylation sites is 3. The van der Waals surface area contributed by atoms with Crippen LogP contribution in [0.15, 0.2) is 70.9 Å². The van der Waals surface area contributed by atoms with E-state index >= 15 is 0 Å². The Hall–Kier alpha value is -3.56. The molecule has 0 radical (unpaired) electrons. The van der Waals surface area contributed by atoms with Crippen molar-refractivity contribution in [1.82, 2.24) is 15.4 Å². The first-order valence-electron chi connectivity index (χ1n) is 10.2. The predicted octanol–water partition coefficient (Wildman–Crippen LogP) is 5.19. The van der Waals surface area contributed by atoms with Gasteiger partial charge in [-0.2, -0.15) is 5.10 Å². The molecule has 1 aromatic heterocycles. The molecular weight excluding hydrogens is 479 g/mol. The summed E-state index contributed by atoms with van der Waals surface area (Å²) in [5.41, 5.74) is 5.00. The smallest absolute Gasteiger partial charge is 0.250 e. The predicted molar refractivity (Wildman–Crippen MR) is 131 cm³/mol. The molecule has 2 N–H and O–H groups in total. The fourth-order valence-corrected chi connectivity index (χ4v) is 4.00. The molecule has 0 saturated carbocycles. The van der Waals surface area contributed by atoms with Crippen LogP contribution in [0.2, 0.25) is 5.02 Å². The SMILES string of the molecule is COc1cccc(/C=N/NC(=O)CSc2nc3ccccc3[nH]2)c1OCc1c(F)cccc1Cl. The molecule has 4 aromatic rings. The van der Waals surface area contributed by atoms with Crippen LogP contribution in [0.4, 0.5) is 4.39 Å². The minimum absolute atomic E-state index is 0.104. The number of methoxy groups -OCH3 is 1. The molecule has 0 spiro atoms. The summed E-state index contributed by atoms with van der Waals surface area (Å²) in [6, 6.07) is 17.3. The van der Waals surface area contributed by atoms with Crippen LogP contribution in [0.25, 0.3) is 11.0 Å². The summed E-state index contributed by atoms with van der Waals surface area (Å²) in [7, 11) is 1.50. The van der Waals surface area contributed by atoms with E-state index < -0.39 is 5.82 Å². The molecule has 0 aliphatic rings. The van der Waals surface area contributed by atoms with Gasteiger partial charge in [0.15, 0.2) is 16.7 Å². The molecule has 0 aliphatic heterocycles. The van der Waals surface area contributed by atoms with E-state index in [9.17, 15) is 9.18 Å². The van der Waals surface area contributed by atoms with Crippen molar-refractivity contribution in [2.75, 3.05) is 12.9 Å². The molecule has 0 atom stereocenters. The Bertz CT molecular complexity index is 1290. The van der Waals surface area contributed by atoms with Crippen LogP contribution in [0.3, 0.4) is 0 Å². The monoisotopic (exact) mass is 498 g/mol. The maximum absolute atomic E-state index is 14.1. The van der Waals surface area contributed by atoms with Gasteiger partial charge < -0.3 is 14.5 Å². The zero-order valence-corrected chi connectivity index (χ0v) is 19.6. The van der Waals surface area contributed by atoms with E-state index in [1.165, 1.54) is 37.2 Å². The van der Waals surface area contributed by atoms with E-state index in [1.807, 2.05) is 24.3 Å². The molecule has 7 nitrogen and oxygen atoms in total. The van der Waals surface area contributed by atoms with Crippen molar-refractivity contribution < 1.29 is 18.7 Å². The number of benzene rings is 3. The average molecular weight is 499 g/mol. The van der Waals surface area contributed by atoms with Crippen molar-refractivity contribution >= 4 is 46.5 Å². The Kier molecular flexibility index (Phi) is 7.66. The van der Waals surface area contributed by atoms with Gasteiger partial charge in [-0.05, 0) is 36.4 Å². The van der Waals surface area contributed by atoms with Crippen molar-refractivity contribution in [2.24, 2.45) is 5.10 Å². The third-order valence-electron chi connectivity index (χ3n) is 4.75. The topological polar surface area (TPSA) is 88.6 Å². The van der Waals surface area contributed by atoms with Crippen LogP contribution >= 0.6 is 23.4 Å². The number of aromatic amines is 1. The largest absolute Gasteiger partial charge is 0.493 e. The number of imidazole rings is 1. The zero-order valence-electron chi connectivity index (χ0n) is 18.0. The first-order valence-corrected chi connectivity index (χ1v) is 11.5. The fourth-order valence-electron chi connectivity index (χ4n) is 3.10. The number of H-pyrrole nitrogens is 1. The van der Waals surface area contributed by atoms with E-state index in [4.69, 9.17) is 21.1 Å². The third-order valence-corrected chi connectivity index (χ3v) is 5.98. The number of carbonyl (C=O) groups is 1. The van der Waals surface area contributed by atoms with E-state index in [0.717, 1.165) is 11.0 Å². The summed E-state index contributed by atoms with van der Waals surface area (Å²) in [6.45, 7) is -0.104. The van der Waals surface area contributed by atoms with Crippen LogP contribution in [0.5, 0.6) is 11.5 Å². The number of hydrazone groups is 1. The van der Waals surface area contributed by atoms with Crippen molar-refractivity contribution in [2.45, 2.75) is 11.8 Å². The Morgan fingerprint density at radius 2 is 2.03 bits per heavy atom. The maximum atomic E-state index is 14.1.